The number of ether oxygens (including phenoxy) is 1. The molecule has 4 nitrogen and oxygen atoms in total. The van der Waals surface area contributed by atoms with E-state index >= 15 is 0 Å². The molecule has 1 heterocycles. The van der Waals surface area contributed by atoms with Crippen LogP contribution in [0.25, 0.3) is 11.1 Å². The van der Waals surface area contributed by atoms with E-state index in [2.05, 4.69) is 5.10 Å². The third kappa shape index (κ3) is 3.32. The molecule has 3 aromatic rings. The number of hydrogen-bond acceptors (Lipinski definition) is 3. The third-order valence-corrected chi connectivity index (χ3v) is 4.25. The fourth-order valence-electron chi connectivity index (χ4n) is 2.51. The molecule has 1 aromatic heterocycles. The largest absolute Gasteiger partial charge is 0.437 e. The van der Waals surface area contributed by atoms with Crippen LogP contribution in [0.5, 0.6) is 11.6 Å². The first-order valence-electron chi connectivity index (χ1n) is 7.27. The van der Waals surface area contributed by atoms with Crippen LogP contribution < -0.4 is 4.74 Å². The van der Waals surface area contributed by atoms with Gasteiger partial charge >= 0.3 is 0 Å². The molecule has 0 unspecified atom stereocenters. The maximum Gasteiger partial charge on any atom is 0.225 e. The van der Waals surface area contributed by atoms with Gasteiger partial charge in [0.15, 0.2) is 0 Å². The normalized spacial score (nSPS) is 10.6. The van der Waals surface area contributed by atoms with Crippen LogP contribution in [-0.4, -0.2) is 9.78 Å². The van der Waals surface area contributed by atoms with Crippen molar-refractivity contribution in [3.63, 3.8) is 0 Å². The van der Waals surface area contributed by atoms with Crippen LogP contribution in [-0.2, 0) is 7.05 Å². The Bertz CT molecular complexity index is 1010. The summed E-state index contributed by atoms with van der Waals surface area (Å²) in [5.41, 5.74) is 2.36. The zero-order valence-corrected chi connectivity index (χ0v) is 14.9. The molecule has 0 spiro atoms. The molecule has 0 aliphatic heterocycles. The van der Waals surface area contributed by atoms with Gasteiger partial charge in [0.1, 0.15) is 11.6 Å². The van der Waals surface area contributed by atoms with Crippen LogP contribution in [0.1, 0.15) is 11.3 Å². The summed E-state index contributed by atoms with van der Waals surface area (Å²) in [6, 6.07) is 10.9. The Morgan fingerprint density at radius 3 is 2.56 bits per heavy atom. The van der Waals surface area contributed by atoms with E-state index in [1.54, 1.807) is 29.9 Å². The number of nitriles is 1. The Morgan fingerprint density at radius 2 is 1.92 bits per heavy atom. The Labute approximate surface area is 154 Å². The summed E-state index contributed by atoms with van der Waals surface area (Å²) >= 11 is 12.4. The molecule has 0 radical (unpaired) electrons. The number of aryl methyl sites for hydroxylation is 2. The van der Waals surface area contributed by atoms with Crippen molar-refractivity contribution in [2.75, 3.05) is 0 Å². The molecule has 7 heteroatoms. The predicted molar refractivity (Wildman–Crippen MR) is 94.6 cm³/mol. The van der Waals surface area contributed by atoms with Crippen molar-refractivity contribution < 1.29 is 9.13 Å². The summed E-state index contributed by atoms with van der Waals surface area (Å²) in [4.78, 5) is 0. The van der Waals surface area contributed by atoms with E-state index in [-0.39, 0.29) is 5.02 Å². The van der Waals surface area contributed by atoms with E-state index in [1.807, 2.05) is 13.0 Å². The maximum absolute atomic E-state index is 13.4. The van der Waals surface area contributed by atoms with Gasteiger partial charge in [-0.2, -0.15) is 10.4 Å². The van der Waals surface area contributed by atoms with Crippen molar-refractivity contribution in [3.8, 4) is 28.8 Å². The summed E-state index contributed by atoms with van der Waals surface area (Å²) in [5.74, 6) is 0.369. The Morgan fingerprint density at radius 1 is 1.16 bits per heavy atom. The Kier molecular flexibility index (Phi) is 4.67. The summed E-state index contributed by atoms with van der Waals surface area (Å²) < 4.78 is 20.9. The first kappa shape index (κ1) is 17.3. The molecule has 126 valence electrons. The fraction of sp³-hybridized carbons (Fsp3) is 0.111. The molecule has 25 heavy (non-hydrogen) atoms. The van der Waals surface area contributed by atoms with Crippen LogP contribution in [0.4, 0.5) is 4.39 Å². The summed E-state index contributed by atoms with van der Waals surface area (Å²) in [7, 11) is 1.72. The average molecular weight is 376 g/mol. The number of hydrogen-bond donors (Lipinski definition) is 0. The van der Waals surface area contributed by atoms with E-state index in [9.17, 15) is 4.39 Å². The van der Waals surface area contributed by atoms with E-state index in [0.717, 1.165) is 0 Å². The quantitative estimate of drug-likeness (QED) is 0.606. The molecule has 0 N–H and O–H groups in total. The van der Waals surface area contributed by atoms with Gasteiger partial charge in [-0.05, 0) is 43.3 Å². The Balaban J connectivity index is 2.10. The third-order valence-electron chi connectivity index (χ3n) is 3.64. The second-order valence-corrected chi connectivity index (χ2v) is 6.19. The van der Waals surface area contributed by atoms with E-state index in [4.69, 9.17) is 33.2 Å². The topological polar surface area (TPSA) is 50.8 Å². The van der Waals surface area contributed by atoms with Crippen molar-refractivity contribution in [1.29, 1.82) is 5.26 Å². The van der Waals surface area contributed by atoms with Crippen molar-refractivity contribution in [2.45, 2.75) is 6.92 Å². The minimum absolute atomic E-state index is 0.256. The van der Waals surface area contributed by atoms with Crippen LogP contribution in [0.2, 0.25) is 10.0 Å². The summed E-state index contributed by atoms with van der Waals surface area (Å²) in [6.07, 6.45) is 0. The molecule has 0 saturated heterocycles. The highest BCUT2D eigenvalue weighted by atomic mass is 35.5. The lowest BCUT2D eigenvalue weighted by Crippen LogP contribution is -1.97. The molecule has 0 amide bonds. The fourth-order valence-corrected chi connectivity index (χ4v) is 2.99. The molecule has 3 rings (SSSR count). The lowest BCUT2D eigenvalue weighted by Gasteiger charge is -2.11. The SMILES string of the molecule is Cc1nn(C)c(Oc2ccc(C#N)cc2Cl)c1-c1ccc(F)cc1Cl. The van der Waals surface area contributed by atoms with Crippen molar-refractivity contribution in [2.24, 2.45) is 7.05 Å². The molecule has 0 fully saturated rings. The highest BCUT2D eigenvalue weighted by Crippen LogP contribution is 2.40. The monoisotopic (exact) mass is 375 g/mol. The number of benzene rings is 2. The smallest absolute Gasteiger partial charge is 0.225 e. The molecule has 0 aliphatic carbocycles. The minimum atomic E-state index is -0.423. The van der Waals surface area contributed by atoms with Gasteiger partial charge in [0.25, 0.3) is 0 Å². The second-order valence-electron chi connectivity index (χ2n) is 5.37. The molecule has 2 aromatic carbocycles. The van der Waals surface area contributed by atoms with Crippen LogP contribution >= 0.6 is 23.2 Å². The number of rotatable bonds is 3. The molecule has 0 bridgehead atoms. The number of nitrogens with zero attached hydrogens (tertiary/aromatic N) is 3. The molecule has 0 saturated carbocycles. The van der Waals surface area contributed by atoms with Gasteiger partial charge in [-0.15, -0.1) is 0 Å². The van der Waals surface area contributed by atoms with Crippen molar-refractivity contribution in [1.82, 2.24) is 9.78 Å². The van der Waals surface area contributed by atoms with Crippen molar-refractivity contribution in [3.05, 3.63) is 63.5 Å². The highest BCUT2D eigenvalue weighted by Gasteiger charge is 2.20. The van der Waals surface area contributed by atoms with Gasteiger partial charge < -0.3 is 4.74 Å². The zero-order valence-electron chi connectivity index (χ0n) is 13.3. The van der Waals surface area contributed by atoms with Gasteiger partial charge in [0.05, 0.1) is 32.9 Å². The second kappa shape index (κ2) is 6.75. The highest BCUT2D eigenvalue weighted by molar-refractivity contribution is 6.33. The number of halogens is 3. The van der Waals surface area contributed by atoms with Gasteiger partial charge in [0.2, 0.25) is 5.88 Å². The summed E-state index contributed by atoms with van der Waals surface area (Å²) in [6.45, 7) is 1.81. The minimum Gasteiger partial charge on any atom is -0.437 e. The van der Waals surface area contributed by atoms with Crippen LogP contribution in [0.15, 0.2) is 36.4 Å². The van der Waals surface area contributed by atoms with Gasteiger partial charge in [0, 0.05) is 12.6 Å². The predicted octanol–water partition coefficient (Wildman–Crippen LogP) is 5.51. The molecular formula is C18H12Cl2FN3O. The van der Waals surface area contributed by atoms with Crippen molar-refractivity contribution >= 4 is 23.2 Å². The van der Waals surface area contributed by atoms with Gasteiger partial charge in [-0.3, -0.25) is 0 Å². The van der Waals surface area contributed by atoms with Crippen LogP contribution in [0, 0.1) is 24.1 Å². The maximum atomic E-state index is 13.4. The van der Waals surface area contributed by atoms with Gasteiger partial charge in [-0.1, -0.05) is 23.2 Å². The van der Waals surface area contributed by atoms with E-state index in [0.29, 0.717) is 39.0 Å². The lowest BCUT2D eigenvalue weighted by molar-refractivity contribution is 0.432. The lowest BCUT2D eigenvalue weighted by atomic mass is 10.1. The molecule has 0 atom stereocenters. The number of aromatic nitrogens is 2. The first-order chi connectivity index (χ1) is 11.9. The molecular weight excluding hydrogens is 364 g/mol. The first-order valence-corrected chi connectivity index (χ1v) is 8.03. The van der Waals surface area contributed by atoms with E-state index < -0.39 is 5.82 Å². The summed E-state index contributed by atoms with van der Waals surface area (Å²) in [5, 5.41) is 13.8. The van der Waals surface area contributed by atoms with E-state index in [1.165, 1.54) is 18.2 Å². The standard InChI is InChI=1S/C18H12Cl2FN3O/c1-10-17(13-5-4-12(21)8-14(13)19)18(24(2)23-10)25-16-6-3-11(9-22)7-15(16)20/h3-8H,1-2H3. The molecule has 0 aliphatic rings. The Hall–Kier alpha value is -2.55. The average Bonchev–Trinajstić information content (AvgIpc) is 2.83. The zero-order chi connectivity index (χ0) is 18.1. The van der Waals surface area contributed by atoms with Crippen LogP contribution in [0.3, 0.4) is 0 Å². The van der Waals surface area contributed by atoms with Gasteiger partial charge in [-0.25, -0.2) is 9.07 Å².